The fourth-order valence-electron chi connectivity index (χ4n) is 3.93. The average Bonchev–Trinajstić information content (AvgIpc) is 3.57. The smallest absolute Gasteiger partial charge is 0.416 e. The van der Waals surface area contributed by atoms with Crippen molar-refractivity contribution >= 4 is 11.7 Å². The molecule has 4 rings (SSSR count). The van der Waals surface area contributed by atoms with Crippen LogP contribution in [-0.2, 0) is 16.5 Å². The lowest BCUT2D eigenvalue weighted by molar-refractivity contribution is -0.137. The summed E-state index contributed by atoms with van der Waals surface area (Å²) in [6, 6.07) is 12.8. The van der Waals surface area contributed by atoms with Crippen LogP contribution in [0.4, 0.5) is 13.2 Å². The molecular weight excluding hydrogens is 445 g/mol. The molecule has 2 aromatic carbocycles. The van der Waals surface area contributed by atoms with E-state index in [1.807, 2.05) is 29.2 Å². The second kappa shape index (κ2) is 8.70. The maximum atomic E-state index is 13.1. The molecular formula is C25H27F3N4O2. The summed E-state index contributed by atoms with van der Waals surface area (Å²) in [7, 11) is 1.60. The zero-order valence-corrected chi connectivity index (χ0v) is 19.3. The zero-order valence-electron chi connectivity index (χ0n) is 19.3. The largest absolute Gasteiger partial charge is 0.497 e. The van der Waals surface area contributed by atoms with Crippen LogP contribution in [0, 0.1) is 0 Å². The molecule has 1 aliphatic carbocycles. The molecule has 1 aliphatic heterocycles. The van der Waals surface area contributed by atoms with Gasteiger partial charge in [0.1, 0.15) is 18.1 Å². The highest BCUT2D eigenvalue weighted by Crippen LogP contribution is 2.36. The van der Waals surface area contributed by atoms with Crippen LogP contribution in [-0.4, -0.2) is 41.3 Å². The van der Waals surface area contributed by atoms with E-state index in [0.29, 0.717) is 17.2 Å². The highest BCUT2D eigenvalue weighted by Gasteiger charge is 2.40. The third-order valence-corrected chi connectivity index (χ3v) is 5.94. The van der Waals surface area contributed by atoms with Crippen LogP contribution in [0.1, 0.15) is 43.4 Å². The second-order valence-corrected chi connectivity index (χ2v) is 8.98. The van der Waals surface area contributed by atoms with Crippen LogP contribution >= 0.6 is 0 Å². The lowest BCUT2D eigenvalue weighted by Gasteiger charge is -2.29. The highest BCUT2D eigenvalue weighted by molar-refractivity contribution is 6.01. The van der Waals surface area contributed by atoms with Gasteiger partial charge in [-0.15, -0.1) is 0 Å². The molecule has 1 fully saturated rings. The van der Waals surface area contributed by atoms with Gasteiger partial charge in [-0.3, -0.25) is 4.79 Å². The number of hydrogen-bond acceptors (Lipinski definition) is 5. The first-order valence-electron chi connectivity index (χ1n) is 11.0. The minimum Gasteiger partial charge on any atom is -0.497 e. The number of nitrogens with one attached hydrogen (secondary N) is 1. The fraction of sp³-hybridized carbons (Fsp3) is 0.360. The summed E-state index contributed by atoms with van der Waals surface area (Å²) in [5, 5.41) is 9.02. The fourth-order valence-corrected chi connectivity index (χ4v) is 3.93. The first-order valence-corrected chi connectivity index (χ1v) is 11.0. The van der Waals surface area contributed by atoms with Crippen molar-refractivity contribution in [2.75, 3.05) is 13.7 Å². The minimum absolute atomic E-state index is 0.107. The number of hydrogen-bond donors (Lipinski definition) is 1. The van der Waals surface area contributed by atoms with Gasteiger partial charge in [0.05, 0.1) is 18.2 Å². The Labute approximate surface area is 196 Å². The Kier molecular flexibility index (Phi) is 6.05. The van der Waals surface area contributed by atoms with Gasteiger partial charge in [-0.2, -0.15) is 18.3 Å². The first-order chi connectivity index (χ1) is 16.0. The lowest BCUT2D eigenvalue weighted by atomic mass is 9.92. The molecule has 6 nitrogen and oxygen atoms in total. The predicted molar refractivity (Wildman–Crippen MR) is 123 cm³/mol. The second-order valence-electron chi connectivity index (χ2n) is 8.98. The van der Waals surface area contributed by atoms with Crippen molar-refractivity contribution in [3.05, 3.63) is 77.6 Å². The Balaban J connectivity index is 1.50. The van der Waals surface area contributed by atoms with Gasteiger partial charge in [0, 0.05) is 11.6 Å². The van der Waals surface area contributed by atoms with Crippen molar-refractivity contribution in [2.45, 2.75) is 44.4 Å². The van der Waals surface area contributed by atoms with Gasteiger partial charge < -0.3 is 15.0 Å². The van der Waals surface area contributed by atoms with Gasteiger partial charge >= 0.3 is 6.18 Å². The summed E-state index contributed by atoms with van der Waals surface area (Å²) >= 11 is 0. The van der Waals surface area contributed by atoms with Crippen molar-refractivity contribution < 1.29 is 22.7 Å². The molecule has 0 aromatic heterocycles. The Hall–Kier alpha value is -3.49. The van der Waals surface area contributed by atoms with Crippen molar-refractivity contribution in [1.82, 2.24) is 15.2 Å². The first kappa shape index (κ1) is 23.7. The quantitative estimate of drug-likeness (QED) is 0.636. The van der Waals surface area contributed by atoms with Crippen LogP contribution in [0.3, 0.4) is 0 Å². The van der Waals surface area contributed by atoms with Gasteiger partial charge in [-0.1, -0.05) is 18.7 Å². The molecule has 0 saturated heterocycles. The summed E-state index contributed by atoms with van der Waals surface area (Å²) in [4.78, 5) is 14.9. The molecule has 0 atom stereocenters. The summed E-state index contributed by atoms with van der Waals surface area (Å²) < 4.78 is 44.6. The zero-order chi connectivity index (χ0) is 24.7. The van der Waals surface area contributed by atoms with Gasteiger partial charge in [0.2, 0.25) is 5.91 Å². The number of hydrazone groups is 1. The number of rotatable bonds is 7. The molecule has 34 heavy (non-hydrogen) atoms. The number of carbonyl (C=O) groups excluding carboxylic acids is 1. The topological polar surface area (TPSA) is 57.2 Å². The monoisotopic (exact) mass is 472 g/mol. The van der Waals surface area contributed by atoms with E-state index in [4.69, 9.17) is 4.74 Å². The van der Waals surface area contributed by atoms with E-state index in [2.05, 4.69) is 17.0 Å². The third kappa shape index (κ3) is 4.88. The van der Waals surface area contributed by atoms with Crippen LogP contribution in [0.5, 0.6) is 5.75 Å². The Morgan fingerprint density at radius 3 is 2.38 bits per heavy atom. The molecule has 1 saturated carbocycles. The van der Waals surface area contributed by atoms with Crippen molar-refractivity contribution in [1.29, 1.82) is 0 Å². The van der Waals surface area contributed by atoms with Gasteiger partial charge in [-0.25, -0.2) is 5.01 Å². The SMILES string of the molecule is C=C1N(CC(=O)NC(C)(C)c2cccc(C(F)(F)F)c2)N=C(c2ccc(OC)cc2)N1C1CC1. The number of amides is 1. The van der Waals surface area contributed by atoms with Crippen LogP contribution in [0.25, 0.3) is 0 Å². The van der Waals surface area contributed by atoms with Gasteiger partial charge in [-0.05, 0) is 68.7 Å². The summed E-state index contributed by atoms with van der Waals surface area (Å²) in [5.41, 5.74) is -0.536. The lowest BCUT2D eigenvalue weighted by Crippen LogP contribution is -2.45. The molecule has 1 heterocycles. The van der Waals surface area contributed by atoms with Crippen LogP contribution in [0.2, 0.25) is 0 Å². The highest BCUT2D eigenvalue weighted by atomic mass is 19.4. The van der Waals surface area contributed by atoms with Crippen LogP contribution < -0.4 is 10.1 Å². The summed E-state index contributed by atoms with van der Waals surface area (Å²) in [6.45, 7) is 7.37. The number of alkyl halides is 3. The molecule has 0 radical (unpaired) electrons. The maximum Gasteiger partial charge on any atom is 0.416 e. The number of halogens is 3. The molecule has 9 heteroatoms. The van der Waals surface area contributed by atoms with E-state index >= 15 is 0 Å². The molecule has 0 unspecified atom stereocenters. The van der Waals surface area contributed by atoms with E-state index < -0.39 is 17.3 Å². The minimum atomic E-state index is -4.46. The van der Waals surface area contributed by atoms with E-state index in [-0.39, 0.29) is 18.5 Å². The van der Waals surface area contributed by atoms with E-state index in [0.717, 1.165) is 36.3 Å². The number of carbonyl (C=O) groups is 1. The standard InChI is InChI=1S/C25H27F3N4O2/c1-16-31(30-23(32(16)20-10-11-20)17-8-12-21(34-4)13-9-17)15-22(33)29-24(2,3)18-6-5-7-19(14-18)25(26,27)28/h5-9,12-14,20H,1,10-11,15H2,2-4H3,(H,29,33). The Morgan fingerprint density at radius 1 is 1.15 bits per heavy atom. The summed E-state index contributed by atoms with van der Waals surface area (Å²) in [6.07, 6.45) is -2.43. The summed E-state index contributed by atoms with van der Waals surface area (Å²) in [5.74, 6) is 1.66. The Morgan fingerprint density at radius 2 is 1.79 bits per heavy atom. The van der Waals surface area contributed by atoms with E-state index in [1.165, 1.54) is 11.1 Å². The van der Waals surface area contributed by atoms with E-state index in [1.54, 1.807) is 27.0 Å². The normalized spacial score (nSPS) is 16.5. The van der Waals surface area contributed by atoms with Gasteiger partial charge in [0.25, 0.3) is 0 Å². The molecule has 0 bridgehead atoms. The average molecular weight is 473 g/mol. The number of nitrogens with zero attached hydrogens (tertiary/aromatic N) is 3. The third-order valence-electron chi connectivity index (χ3n) is 5.94. The Bertz CT molecular complexity index is 1120. The maximum absolute atomic E-state index is 13.1. The van der Waals surface area contributed by atoms with Gasteiger partial charge in [0.15, 0.2) is 5.84 Å². The molecule has 1 amide bonds. The van der Waals surface area contributed by atoms with Crippen molar-refractivity contribution in [2.24, 2.45) is 5.10 Å². The molecule has 2 aromatic rings. The van der Waals surface area contributed by atoms with E-state index in [9.17, 15) is 18.0 Å². The number of methoxy groups -OCH3 is 1. The molecule has 2 aliphatic rings. The number of amidine groups is 1. The number of benzene rings is 2. The van der Waals surface area contributed by atoms with Crippen molar-refractivity contribution in [3.63, 3.8) is 0 Å². The van der Waals surface area contributed by atoms with Crippen LogP contribution in [0.15, 0.2) is 66.0 Å². The predicted octanol–water partition coefficient (Wildman–Crippen LogP) is 4.68. The molecule has 1 N–H and O–H groups in total. The van der Waals surface area contributed by atoms with Crippen molar-refractivity contribution in [3.8, 4) is 5.75 Å². The molecule has 180 valence electrons. The number of ether oxygens (including phenoxy) is 1. The molecule has 0 spiro atoms.